The maximum atomic E-state index is 4.41. The van der Waals surface area contributed by atoms with Crippen LogP contribution >= 0.6 is 15.9 Å². The Kier molecular flexibility index (Phi) is 4.07. The largest absolute Gasteiger partial charge is 0.372 e. The van der Waals surface area contributed by atoms with E-state index in [0.717, 1.165) is 29.2 Å². The van der Waals surface area contributed by atoms with Crippen molar-refractivity contribution in [3.05, 3.63) is 10.8 Å². The van der Waals surface area contributed by atoms with E-state index in [9.17, 15) is 0 Å². The third kappa shape index (κ3) is 2.44. The normalized spacial score (nSPS) is 25.3. The van der Waals surface area contributed by atoms with E-state index in [1.165, 1.54) is 0 Å². The predicted octanol–water partition coefficient (Wildman–Crippen LogP) is 1.81. The molecule has 1 saturated heterocycles. The van der Waals surface area contributed by atoms with E-state index < -0.39 is 0 Å². The lowest BCUT2D eigenvalue weighted by Crippen LogP contribution is -2.55. The molecule has 1 aliphatic rings. The number of likely N-dealkylation sites (N-methyl/N-ethyl adjacent to an activating group) is 1. The minimum atomic E-state index is 0.522. The fourth-order valence-corrected chi connectivity index (χ4v) is 2.99. The third-order valence-corrected chi connectivity index (χ3v) is 4.40. The van der Waals surface area contributed by atoms with Gasteiger partial charge in [0.25, 0.3) is 0 Å². The van der Waals surface area contributed by atoms with Crippen molar-refractivity contribution in [3.63, 3.8) is 0 Å². The number of nitrogens with one attached hydrogen (secondary N) is 1. The summed E-state index contributed by atoms with van der Waals surface area (Å²) in [6.07, 6.45) is 1.61. The monoisotopic (exact) mass is 313 g/mol. The maximum absolute atomic E-state index is 4.41. The van der Waals surface area contributed by atoms with Crippen molar-refractivity contribution in [2.45, 2.75) is 25.9 Å². The van der Waals surface area contributed by atoms with E-state index in [1.54, 1.807) is 6.33 Å². The average Bonchev–Trinajstić information content (AvgIpc) is 2.35. The van der Waals surface area contributed by atoms with Gasteiger partial charge < -0.3 is 10.2 Å². The maximum Gasteiger partial charge on any atom is 0.148 e. The van der Waals surface area contributed by atoms with E-state index in [-0.39, 0.29) is 0 Å². The quantitative estimate of drug-likeness (QED) is 0.902. The van der Waals surface area contributed by atoms with Crippen LogP contribution in [-0.4, -0.2) is 54.1 Å². The number of anilines is 2. The highest BCUT2D eigenvalue weighted by molar-refractivity contribution is 9.10. The first-order chi connectivity index (χ1) is 8.54. The molecule has 0 aliphatic carbocycles. The van der Waals surface area contributed by atoms with Crippen LogP contribution in [0, 0.1) is 0 Å². The summed E-state index contributed by atoms with van der Waals surface area (Å²) in [4.78, 5) is 13.3. The smallest absolute Gasteiger partial charge is 0.148 e. The molecule has 0 spiro atoms. The van der Waals surface area contributed by atoms with Gasteiger partial charge in [0.2, 0.25) is 0 Å². The van der Waals surface area contributed by atoms with Crippen molar-refractivity contribution >= 4 is 27.6 Å². The Morgan fingerprint density at radius 2 is 1.89 bits per heavy atom. The van der Waals surface area contributed by atoms with Crippen molar-refractivity contribution in [2.75, 3.05) is 37.4 Å². The van der Waals surface area contributed by atoms with Crippen molar-refractivity contribution in [1.29, 1.82) is 0 Å². The van der Waals surface area contributed by atoms with Crippen LogP contribution in [0.4, 0.5) is 11.6 Å². The Morgan fingerprint density at radius 3 is 2.44 bits per heavy atom. The minimum Gasteiger partial charge on any atom is -0.372 e. The molecule has 0 bridgehead atoms. The van der Waals surface area contributed by atoms with Gasteiger partial charge in [-0.3, -0.25) is 4.90 Å². The van der Waals surface area contributed by atoms with Crippen molar-refractivity contribution in [1.82, 2.24) is 14.9 Å². The number of halogens is 1. The van der Waals surface area contributed by atoms with E-state index in [0.29, 0.717) is 12.1 Å². The summed E-state index contributed by atoms with van der Waals surface area (Å²) >= 11 is 3.59. The number of hydrogen-bond donors (Lipinski definition) is 1. The van der Waals surface area contributed by atoms with E-state index >= 15 is 0 Å². The first-order valence-electron chi connectivity index (χ1n) is 6.19. The lowest BCUT2D eigenvalue weighted by Gasteiger charge is -2.43. The fraction of sp³-hybridized carbons (Fsp3) is 0.667. The van der Waals surface area contributed by atoms with Crippen LogP contribution in [0.5, 0.6) is 0 Å². The summed E-state index contributed by atoms with van der Waals surface area (Å²) in [5.41, 5.74) is 0. The molecular formula is C12H20BrN5. The van der Waals surface area contributed by atoms with Gasteiger partial charge in [0.1, 0.15) is 22.4 Å². The van der Waals surface area contributed by atoms with Crippen LogP contribution < -0.4 is 10.2 Å². The predicted molar refractivity (Wildman–Crippen MR) is 78.2 cm³/mol. The molecule has 18 heavy (non-hydrogen) atoms. The Bertz CT molecular complexity index is 413. The number of aromatic nitrogens is 2. The van der Waals surface area contributed by atoms with Crippen LogP contribution in [0.1, 0.15) is 13.8 Å². The number of rotatable bonds is 2. The molecule has 1 aromatic heterocycles. The van der Waals surface area contributed by atoms with Gasteiger partial charge in [-0.25, -0.2) is 9.97 Å². The Labute approximate surface area is 117 Å². The van der Waals surface area contributed by atoms with Crippen LogP contribution in [0.25, 0.3) is 0 Å². The second-order valence-corrected chi connectivity index (χ2v) is 5.67. The topological polar surface area (TPSA) is 44.3 Å². The van der Waals surface area contributed by atoms with Crippen molar-refractivity contribution < 1.29 is 0 Å². The molecule has 0 amide bonds. The average molecular weight is 314 g/mol. The summed E-state index contributed by atoms with van der Waals surface area (Å²) in [5.74, 6) is 1.81. The van der Waals surface area contributed by atoms with E-state index in [2.05, 4.69) is 61.9 Å². The number of nitrogens with zero attached hydrogens (tertiary/aromatic N) is 4. The van der Waals surface area contributed by atoms with Gasteiger partial charge in [-0.1, -0.05) is 0 Å². The molecular weight excluding hydrogens is 294 g/mol. The van der Waals surface area contributed by atoms with Gasteiger partial charge in [-0.15, -0.1) is 0 Å². The second-order valence-electron chi connectivity index (χ2n) is 4.88. The first kappa shape index (κ1) is 13.5. The first-order valence-corrected chi connectivity index (χ1v) is 6.99. The molecule has 1 N–H and O–H groups in total. The molecule has 5 nitrogen and oxygen atoms in total. The van der Waals surface area contributed by atoms with Gasteiger partial charge in [0.05, 0.1) is 0 Å². The zero-order valence-electron chi connectivity index (χ0n) is 11.3. The molecule has 0 aromatic carbocycles. The van der Waals surface area contributed by atoms with Gasteiger partial charge >= 0.3 is 0 Å². The fourth-order valence-electron chi connectivity index (χ4n) is 2.33. The Hall–Kier alpha value is -0.880. The summed E-state index contributed by atoms with van der Waals surface area (Å²) < 4.78 is 0.941. The molecule has 0 saturated carbocycles. The van der Waals surface area contributed by atoms with Gasteiger partial charge in [-0.05, 0) is 36.8 Å². The lowest BCUT2D eigenvalue weighted by molar-refractivity contribution is 0.169. The molecule has 100 valence electrons. The molecule has 0 radical (unpaired) electrons. The van der Waals surface area contributed by atoms with Crippen LogP contribution in [0.3, 0.4) is 0 Å². The van der Waals surface area contributed by atoms with E-state index in [4.69, 9.17) is 0 Å². The summed E-state index contributed by atoms with van der Waals surface area (Å²) in [7, 11) is 4.05. The SMILES string of the molecule is CNc1ncnc(N2CC(C)N(C)C(C)C2)c1Br. The van der Waals surface area contributed by atoms with Crippen molar-refractivity contribution in [3.8, 4) is 0 Å². The molecule has 2 rings (SSSR count). The summed E-state index contributed by atoms with van der Waals surface area (Å²) in [5, 5.41) is 3.07. The van der Waals surface area contributed by atoms with Crippen LogP contribution in [0.15, 0.2) is 10.8 Å². The molecule has 1 aromatic rings. The third-order valence-electron chi connectivity index (χ3n) is 3.67. The zero-order chi connectivity index (χ0) is 13.3. The highest BCUT2D eigenvalue weighted by Gasteiger charge is 2.28. The molecule has 2 unspecified atom stereocenters. The van der Waals surface area contributed by atoms with Gasteiger partial charge in [0.15, 0.2) is 0 Å². The molecule has 6 heteroatoms. The minimum absolute atomic E-state index is 0.522. The Balaban J connectivity index is 2.27. The van der Waals surface area contributed by atoms with Gasteiger partial charge in [0, 0.05) is 32.2 Å². The molecule has 1 fully saturated rings. The highest BCUT2D eigenvalue weighted by atomic mass is 79.9. The summed E-state index contributed by atoms with van der Waals surface area (Å²) in [6.45, 7) is 6.46. The zero-order valence-corrected chi connectivity index (χ0v) is 12.9. The van der Waals surface area contributed by atoms with Crippen molar-refractivity contribution in [2.24, 2.45) is 0 Å². The lowest BCUT2D eigenvalue weighted by atomic mass is 10.1. The Morgan fingerprint density at radius 1 is 1.28 bits per heavy atom. The second kappa shape index (κ2) is 5.40. The highest BCUT2D eigenvalue weighted by Crippen LogP contribution is 2.31. The van der Waals surface area contributed by atoms with Crippen LogP contribution in [-0.2, 0) is 0 Å². The number of hydrogen-bond acceptors (Lipinski definition) is 5. The van der Waals surface area contributed by atoms with E-state index in [1.807, 2.05) is 7.05 Å². The van der Waals surface area contributed by atoms with Gasteiger partial charge in [-0.2, -0.15) is 0 Å². The molecule has 2 heterocycles. The van der Waals surface area contributed by atoms with Crippen LogP contribution in [0.2, 0.25) is 0 Å². The summed E-state index contributed by atoms with van der Waals surface area (Å²) in [6, 6.07) is 1.04. The standard InChI is InChI=1S/C12H20BrN5/c1-8-5-18(6-9(2)17(8)4)12-10(13)11(14-3)15-7-16-12/h7-9H,5-6H2,1-4H3,(H,14,15,16). The molecule has 2 atom stereocenters. The number of piperazine rings is 1. The molecule has 1 aliphatic heterocycles.